The van der Waals surface area contributed by atoms with Gasteiger partial charge in [-0.05, 0) is 25.8 Å². The number of ether oxygens (including phenoxy) is 1. The monoisotopic (exact) mass is 227 g/mol. The third-order valence-electron chi connectivity index (χ3n) is 3.39. The molecule has 1 unspecified atom stereocenters. The van der Waals surface area contributed by atoms with Crippen LogP contribution in [0.3, 0.4) is 0 Å². The van der Waals surface area contributed by atoms with E-state index in [0.717, 1.165) is 65.3 Å². The molecule has 2 heterocycles. The molecule has 0 aromatic rings. The van der Waals surface area contributed by atoms with Gasteiger partial charge in [0.2, 0.25) is 0 Å². The Hall–Kier alpha value is -0.160. The number of aliphatic hydroxyl groups is 1. The highest BCUT2D eigenvalue weighted by atomic mass is 16.5. The zero-order chi connectivity index (χ0) is 11.2. The number of hydrogen-bond donors (Lipinski definition) is 1. The molecule has 0 spiro atoms. The van der Waals surface area contributed by atoms with E-state index in [0.29, 0.717) is 0 Å². The lowest BCUT2D eigenvalue weighted by atomic mass is 10.2. The van der Waals surface area contributed by atoms with Gasteiger partial charge in [0.1, 0.15) is 0 Å². The molecule has 0 amide bonds. The first-order chi connectivity index (χ1) is 7.84. The van der Waals surface area contributed by atoms with E-state index in [1.807, 2.05) is 0 Å². The molecule has 0 aliphatic carbocycles. The third-order valence-corrected chi connectivity index (χ3v) is 3.39. The fourth-order valence-electron chi connectivity index (χ4n) is 2.35. The van der Waals surface area contributed by atoms with E-state index in [2.05, 4.69) is 16.2 Å². The Bertz CT molecular complexity index is 189. The second kappa shape index (κ2) is 6.55. The van der Waals surface area contributed by atoms with Crippen molar-refractivity contribution in [3.8, 4) is 0 Å². The molecule has 1 atom stereocenters. The van der Waals surface area contributed by atoms with Crippen LogP contribution in [0.5, 0.6) is 0 Å². The highest BCUT2D eigenvalue weighted by molar-refractivity contribution is 4.78. The predicted octanol–water partition coefficient (Wildman–Crippen LogP) is -0.0204. The van der Waals surface area contributed by atoms with Crippen LogP contribution in [-0.2, 0) is 4.74 Å². The molecule has 1 N–H and O–H groups in total. The van der Waals surface area contributed by atoms with Crippen molar-refractivity contribution >= 4 is 0 Å². The second-order valence-electron chi connectivity index (χ2n) is 4.73. The van der Waals surface area contributed by atoms with Crippen LogP contribution in [0.1, 0.15) is 12.8 Å². The first kappa shape index (κ1) is 12.3. The normalized spacial score (nSPS) is 28.7. The van der Waals surface area contributed by atoms with Gasteiger partial charge in [0.15, 0.2) is 0 Å². The molecule has 2 rings (SSSR count). The van der Waals surface area contributed by atoms with Crippen LogP contribution < -0.4 is 0 Å². The summed E-state index contributed by atoms with van der Waals surface area (Å²) in [6.07, 6.45) is 4.35. The molecule has 93 valence electrons. The zero-order valence-electron chi connectivity index (χ0n) is 9.98. The summed E-state index contributed by atoms with van der Waals surface area (Å²) in [7, 11) is 0. The molecule has 4 nitrogen and oxygen atoms in total. The SMILES string of the molecule is OC1CCN(CC[CH]CN2CCOCC2)C1. The molecule has 2 aliphatic heterocycles. The summed E-state index contributed by atoms with van der Waals surface area (Å²) >= 11 is 0. The van der Waals surface area contributed by atoms with Crippen molar-refractivity contribution in [3.63, 3.8) is 0 Å². The highest BCUT2D eigenvalue weighted by Gasteiger charge is 2.19. The Labute approximate surface area is 98.2 Å². The minimum absolute atomic E-state index is 0.0840. The summed E-state index contributed by atoms with van der Waals surface area (Å²) in [6.45, 7) is 8.01. The summed E-state index contributed by atoms with van der Waals surface area (Å²) < 4.78 is 5.31. The van der Waals surface area contributed by atoms with Crippen LogP contribution in [0.2, 0.25) is 0 Å². The Kier molecular flexibility index (Phi) is 5.03. The van der Waals surface area contributed by atoms with Crippen LogP contribution in [0, 0.1) is 6.42 Å². The van der Waals surface area contributed by atoms with Gasteiger partial charge in [-0.1, -0.05) is 0 Å². The van der Waals surface area contributed by atoms with Crippen molar-refractivity contribution < 1.29 is 9.84 Å². The number of morpholine rings is 1. The maximum atomic E-state index is 9.39. The van der Waals surface area contributed by atoms with Crippen LogP contribution in [-0.4, -0.2) is 73.5 Å². The van der Waals surface area contributed by atoms with Gasteiger partial charge in [0, 0.05) is 32.7 Å². The van der Waals surface area contributed by atoms with Gasteiger partial charge in [-0.15, -0.1) is 0 Å². The summed E-state index contributed by atoms with van der Waals surface area (Å²) in [6, 6.07) is 0. The van der Waals surface area contributed by atoms with Crippen molar-refractivity contribution in [1.29, 1.82) is 0 Å². The average molecular weight is 227 g/mol. The van der Waals surface area contributed by atoms with Crippen molar-refractivity contribution in [3.05, 3.63) is 6.42 Å². The number of aliphatic hydroxyl groups excluding tert-OH is 1. The molecule has 0 bridgehead atoms. The highest BCUT2D eigenvalue weighted by Crippen LogP contribution is 2.09. The first-order valence-electron chi connectivity index (χ1n) is 6.37. The molecule has 2 aliphatic rings. The number of likely N-dealkylation sites (tertiary alicyclic amines) is 1. The Morgan fingerprint density at radius 1 is 1.19 bits per heavy atom. The van der Waals surface area contributed by atoms with Gasteiger partial charge < -0.3 is 14.7 Å². The number of rotatable bonds is 5. The van der Waals surface area contributed by atoms with Gasteiger partial charge in [-0.3, -0.25) is 4.90 Å². The van der Waals surface area contributed by atoms with Crippen molar-refractivity contribution in [2.45, 2.75) is 18.9 Å². The van der Waals surface area contributed by atoms with Crippen LogP contribution >= 0.6 is 0 Å². The standard InChI is InChI=1S/C12H23N2O2/c15-12-3-6-14(11-12)5-2-1-4-13-7-9-16-10-8-13/h1,12,15H,2-11H2. The average Bonchev–Trinajstić information content (AvgIpc) is 2.72. The van der Waals surface area contributed by atoms with Gasteiger partial charge in [0.05, 0.1) is 19.3 Å². The number of nitrogens with zero attached hydrogens (tertiary/aromatic N) is 2. The van der Waals surface area contributed by atoms with E-state index < -0.39 is 0 Å². The lowest BCUT2D eigenvalue weighted by Crippen LogP contribution is -2.37. The molecule has 4 heteroatoms. The lowest BCUT2D eigenvalue weighted by Gasteiger charge is -2.26. The molecular weight excluding hydrogens is 204 g/mol. The van der Waals surface area contributed by atoms with Crippen LogP contribution in [0.25, 0.3) is 0 Å². The Morgan fingerprint density at radius 2 is 2.00 bits per heavy atom. The number of hydrogen-bond acceptors (Lipinski definition) is 4. The van der Waals surface area contributed by atoms with E-state index in [-0.39, 0.29) is 6.10 Å². The molecule has 0 saturated carbocycles. The molecule has 0 aromatic carbocycles. The van der Waals surface area contributed by atoms with Gasteiger partial charge in [-0.25, -0.2) is 0 Å². The van der Waals surface area contributed by atoms with E-state index >= 15 is 0 Å². The zero-order valence-corrected chi connectivity index (χ0v) is 9.98. The fourth-order valence-corrected chi connectivity index (χ4v) is 2.35. The van der Waals surface area contributed by atoms with Gasteiger partial charge in [-0.2, -0.15) is 0 Å². The Balaban J connectivity index is 1.48. The van der Waals surface area contributed by atoms with Crippen LogP contribution in [0.4, 0.5) is 0 Å². The van der Waals surface area contributed by atoms with E-state index in [1.165, 1.54) is 0 Å². The van der Waals surface area contributed by atoms with Crippen LogP contribution in [0.15, 0.2) is 0 Å². The number of β-amino-alcohol motifs (C(OH)–C–C–N with tert-alkyl or cyclic N) is 1. The largest absolute Gasteiger partial charge is 0.392 e. The van der Waals surface area contributed by atoms with Crippen molar-refractivity contribution in [1.82, 2.24) is 9.80 Å². The lowest BCUT2D eigenvalue weighted by molar-refractivity contribution is 0.0414. The molecule has 16 heavy (non-hydrogen) atoms. The second-order valence-corrected chi connectivity index (χ2v) is 4.73. The molecular formula is C12H23N2O2. The first-order valence-corrected chi connectivity index (χ1v) is 6.37. The summed E-state index contributed by atoms with van der Waals surface area (Å²) in [5.41, 5.74) is 0. The maximum Gasteiger partial charge on any atom is 0.0679 e. The topological polar surface area (TPSA) is 35.9 Å². The summed E-state index contributed by atoms with van der Waals surface area (Å²) in [5, 5.41) is 9.39. The third kappa shape index (κ3) is 4.01. The van der Waals surface area contributed by atoms with E-state index in [4.69, 9.17) is 4.74 Å². The van der Waals surface area contributed by atoms with E-state index in [1.54, 1.807) is 0 Å². The minimum Gasteiger partial charge on any atom is -0.392 e. The number of unbranched alkanes of at least 4 members (excludes halogenated alkanes) is 1. The molecule has 1 radical (unpaired) electrons. The maximum absolute atomic E-state index is 9.39. The van der Waals surface area contributed by atoms with Crippen molar-refractivity contribution in [2.75, 3.05) is 52.5 Å². The predicted molar refractivity (Wildman–Crippen MR) is 63.2 cm³/mol. The van der Waals surface area contributed by atoms with Gasteiger partial charge in [0.25, 0.3) is 0 Å². The Morgan fingerprint density at radius 3 is 2.69 bits per heavy atom. The summed E-state index contributed by atoms with van der Waals surface area (Å²) in [5.74, 6) is 0. The smallest absolute Gasteiger partial charge is 0.0679 e. The molecule has 2 fully saturated rings. The minimum atomic E-state index is -0.0840. The van der Waals surface area contributed by atoms with E-state index in [9.17, 15) is 5.11 Å². The van der Waals surface area contributed by atoms with Gasteiger partial charge >= 0.3 is 0 Å². The van der Waals surface area contributed by atoms with Crippen molar-refractivity contribution in [2.24, 2.45) is 0 Å². The summed E-state index contributed by atoms with van der Waals surface area (Å²) in [4.78, 5) is 4.78. The quantitative estimate of drug-likeness (QED) is 0.670. The fraction of sp³-hybridized carbons (Fsp3) is 0.917. The molecule has 2 saturated heterocycles. The molecule has 0 aromatic heterocycles.